The molecule has 0 amide bonds. The molecular formula is C11H16O. The molecule has 1 aromatic rings. The lowest BCUT2D eigenvalue weighted by Crippen LogP contribution is -1.79. The predicted octanol–water partition coefficient (Wildman–Crippen LogP) is 2.41. The van der Waals surface area contributed by atoms with Gasteiger partial charge in [0, 0.05) is 7.11 Å². The average Bonchev–Trinajstić information content (AvgIpc) is 2.19. The maximum atomic E-state index is 7.00. The molecule has 1 N–H and O–H groups in total. The molecule has 0 aliphatic carbocycles. The first-order valence-corrected chi connectivity index (χ1v) is 4.03. The molecule has 0 unspecified atom stereocenters. The molecule has 0 radical (unpaired) electrons. The van der Waals surface area contributed by atoms with E-state index in [9.17, 15) is 0 Å². The van der Waals surface area contributed by atoms with Crippen LogP contribution in [0.15, 0.2) is 43.0 Å². The third kappa shape index (κ3) is 4.69. The van der Waals surface area contributed by atoms with E-state index in [0.717, 1.165) is 20.0 Å². The van der Waals surface area contributed by atoms with Crippen LogP contribution in [0.25, 0.3) is 0 Å². The van der Waals surface area contributed by atoms with Crippen molar-refractivity contribution in [3.63, 3.8) is 0 Å². The molecule has 0 spiro atoms. The van der Waals surface area contributed by atoms with Gasteiger partial charge in [-0.15, -0.1) is 6.58 Å². The first-order valence-electron chi connectivity index (χ1n) is 4.03. The number of hydrogen-bond donors (Lipinski definition) is 1. The Kier molecular flexibility index (Phi) is 7.30. The van der Waals surface area contributed by atoms with Crippen LogP contribution in [0.1, 0.15) is 12.0 Å². The van der Waals surface area contributed by atoms with E-state index in [4.69, 9.17) is 5.11 Å². The summed E-state index contributed by atoms with van der Waals surface area (Å²) in [6.07, 6.45) is 4.14. The molecule has 0 fully saturated rings. The Morgan fingerprint density at radius 2 is 1.83 bits per heavy atom. The third-order valence-corrected chi connectivity index (χ3v) is 1.48. The van der Waals surface area contributed by atoms with Crippen molar-refractivity contribution in [3.8, 4) is 0 Å². The third-order valence-electron chi connectivity index (χ3n) is 1.48. The van der Waals surface area contributed by atoms with Gasteiger partial charge in [-0.2, -0.15) is 0 Å². The molecule has 12 heavy (non-hydrogen) atoms. The smallest absolute Gasteiger partial charge is 0.0319 e. The van der Waals surface area contributed by atoms with Crippen LogP contribution in [0.2, 0.25) is 0 Å². The van der Waals surface area contributed by atoms with Crippen LogP contribution in [0.4, 0.5) is 0 Å². The van der Waals surface area contributed by atoms with E-state index in [2.05, 4.69) is 30.8 Å². The van der Waals surface area contributed by atoms with E-state index >= 15 is 0 Å². The summed E-state index contributed by atoms with van der Waals surface area (Å²) in [6.45, 7) is 3.68. The largest absolute Gasteiger partial charge is 0.400 e. The SMILES string of the molecule is C=CCCc1ccccc1.CO. The monoisotopic (exact) mass is 164 g/mol. The maximum Gasteiger partial charge on any atom is 0.0319 e. The molecule has 0 aromatic heterocycles. The Morgan fingerprint density at radius 3 is 2.33 bits per heavy atom. The summed E-state index contributed by atoms with van der Waals surface area (Å²) in [5.41, 5.74) is 1.39. The Balaban J connectivity index is 0.000000561. The number of allylic oxidation sites excluding steroid dienone is 1. The van der Waals surface area contributed by atoms with Crippen LogP contribution >= 0.6 is 0 Å². The molecule has 0 bridgehead atoms. The molecular weight excluding hydrogens is 148 g/mol. The van der Waals surface area contributed by atoms with E-state index in [1.807, 2.05) is 12.1 Å². The Labute approximate surface area is 74.4 Å². The van der Waals surface area contributed by atoms with Crippen molar-refractivity contribution < 1.29 is 5.11 Å². The van der Waals surface area contributed by atoms with Gasteiger partial charge in [-0.25, -0.2) is 0 Å². The first kappa shape index (κ1) is 10.9. The second-order valence-corrected chi connectivity index (χ2v) is 2.31. The van der Waals surface area contributed by atoms with Crippen LogP contribution in [0, 0.1) is 0 Å². The summed E-state index contributed by atoms with van der Waals surface area (Å²) >= 11 is 0. The van der Waals surface area contributed by atoms with Crippen molar-refractivity contribution in [1.29, 1.82) is 0 Å². The minimum Gasteiger partial charge on any atom is -0.400 e. The summed E-state index contributed by atoms with van der Waals surface area (Å²) in [6, 6.07) is 10.5. The van der Waals surface area contributed by atoms with Crippen LogP contribution in [0.3, 0.4) is 0 Å². The van der Waals surface area contributed by atoms with E-state index in [1.165, 1.54) is 5.56 Å². The lowest BCUT2D eigenvalue weighted by molar-refractivity contribution is 0.399. The highest BCUT2D eigenvalue weighted by atomic mass is 16.2. The highest BCUT2D eigenvalue weighted by Gasteiger charge is 1.85. The molecule has 1 nitrogen and oxygen atoms in total. The lowest BCUT2D eigenvalue weighted by atomic mass is 10.1. The number of aliphatic hydroxyl groups is 1. The molecule has 0 saturated heterocycles. The van der Waals surface area contributed by atoms with Gasteiger partial charge in [0.2, 0.25) is 0 Å². The molecule has 0 atom stereocenters. The molecule has 1 rings (SSSR count). The van der Waals surface area contributed by atoms with Gasteiger partial charge in [0.15, 0.2) is 0 Å². The predicted molar refractivity (Wildman–Crippen MR) is 53.1 cm³/mol. The van der Waals surface area contributed by atoms with Crippen LogP contribution in [-0.4, -0.2) is 12.2 Å². The van der Waals surface area contributed by atoms with Crippen molar-refractivity contribution in [3.05, 3.63) is 48.6 Å². The maximum absolute atomic E-state index is 7.00. The number of benzene rings is 1. The molecule has 66 valence electrons. The number of aliphatic hydroxyl groups excluding tert-OH is 1. The van der Waals surface area contributed by atoms with Gasteiger partial charge in [0.05, 0.1) is 0 Å². The van der Waals surface area contributed by atoms with Crippen LogP contribution in [0.5, 0.6) is 0 Å². The van der Waals surface area contributed by atoms with E-state index in [0.29, 0.717) is 0 Å². The Morgan fingerprint density at radius 1 is 1.25 bits per heavy atom. The van der Waals surface area contributed by atoms with Gasteiger partial charge in [-0.05, 0) is 18.4 Å². The molecule has 1 aromatic carbocycles. The zero-order valence-electron chi connectivity index (χ0n) is 7.53. The van der Waals surface area contributed by atoms with Crippen molar-refractivity contribution >= 4 is 0 Å². The zero-order chi connectivity index (χ0) is 9.23. The fourth-order valence-electron chi connectivity index (χ4n) is 0.913. The Bertz CT molecular complexity index is 191. The highest BCUT2D eigenvalue weighted by molar-refractivity contribution is 5.14. The molecule has 0 aliphatic rings. The molecule has 0 saturated carbocycles. The van der Waals surface area contributed by atoms with Crippen molar-refractivity contribution in [2.24, 2.45) is 0 Å². The molecule has 0 heterocycles. The lowest BCUT2D eigenvalue weighted by Gasteiger charge is -1.94. The normalized spacial score (nSPS) is 8.17. The number of aryl methyl sites for hydroxylation is 1. The van der Waals surface area contributed by atoms with E-state index in [1.54, 1.807) is 0 Å². The highest BCUT2D eigenvalue weighted by Crippen LogP contribution is 2.01. The second kappa shape index (κ2) is 8.02. The minimum atomic E-state index is 1.00. The Hall–Kier alpha value is -1.08. The summed E-state index contributed by atoms with van der Waals surface area (Å²) in [7, 11) is 1.00. The number of hydrogen-bond acceptors (Lipinski definition) is 1. The number of rotatable bonds is 3. The first-order chi connectivity index (χ1) is 5.93. The zero-order valence-corrected chi connectivity index (χ0v) is 7.53. The van der Waals surface area contributed by atoms with Gasteiger partial charge >= 0.3 is 0 Å². The van der Waals surface area contributed by atoms with Gasteiger partial charge in [0.1, 0.15) is 0 Å². The summed E-state index contributed by atoms with van der Waals surface area (Å²) in [5.74, 6) is 0. The van der Waals surface area contributed by atoms with Gasteiger partial charge in [0.25, 0.3) is 0 Å². The van der Waals surface area contributed by atoms with Crippen molar-refractivity contribution in [1.82, 2.24) is 0 Å². The van der Waals surface area contributed by atoms with Crippen LogP contribution < -0.4 is 0 Å². The fourth-order valence-corrected chi connectivity index (χ4v) is 0.913. The van der Waals surface area contributed by atoms with Gasteiger partial charge in [-0.3, -0.25) is 0 Å². The van der Waals surface area contributed by atoms with E-state index < -0.39 is 0 Å². The minimum absolute atomic E-state index is 1.00. The summed E-state index contributed by atoms with van der Waals surface area (Å²) in [5, 5.41) is 7.00. The molecule has 0 aliphatic heterocycles. The fraction of sp³-hybridized carbons (Fsp3) is 0.273. The van der Waals surface area contributed by atoms with Crippen molar-refractivity contribution in [2.45, 2.75) is 12.8 Å². The van der Waals surface area contributed by atoms with Crippen molar-refractivity contribution in [2.75, 3.05) is 7.11 Å². The standard InChI is InChI=1S/C10H12.CH4O/c1-2-3-7-10-8-5-4-6-9-10;1-2/h2,4-6,8-9H,1,3,7H2;2H,1H3. The topological polar surface area (TPSA) is 20.2 Å². The quantitative estimate of drug-likeness (QED) is 0.680. The molecule has 1 heteroatoms. The van der Waals surface area contributed by atoms with Gasteiger partial charge in [-0.1, -0.05) is 36.4 Å². The van der Waals surface area contributed by atoms with Crippen LogP contribution in [-0.2, 0) is 6.42 Å². The van der Waals surface area contributed by atoms with E-state index in [-0.39, 0.29) is 0 Å². The second-order valence-electron chi connectivity index (χ2n) is 2.31. The average molecular weight is 164 g/mol. The summed E-state index contributed by atoms with van der Waals surface area (Å²) in [4.78, 5) is 0. The summed E-state index contributed by atoms with van der Waals surface area (Å²) < 4.78 is 0. The van der Waals surface area contributed by atoms with Gasteiger partial charge < -0.3 is 5.11 Å².